The van der Waals surface area contributed by atoms with E-state index in [-0.39, 0.29) is 0 Å². The number of nitrogens with one attached hydrogen (secondary N) is 2. The van der Waals surface area contributed by atoms with Gasteiger partial charge < -0.3 is 9.73 Å². The highest BCUT2D eigenvalue weighted by molar-refractivity contribution is 5.72. The van der Waals surface area contributed by atoms with Crippen LogP contribution < -0.4 is 11.1 Å². The average Bonchev–Trinajstić information content (AvgIpc) is 2.81. The zero-order valence-electron chi connectivity index (χ0n) is 11.3. The van der Waals surface area contributed by atoms with E-state index in [1.807, 2.05) is 25.2 Å². The molecule has 0 saturated heterocycles. The first kappa shape index (κ1) is 12.7. The Morgan fingerprint density at radius 2 is 1.75 bits per heavy atom. The van der Waals surface area contributed by atoms with Gasteiger partial charge in [-0.3, -0.25) is 4.98 Å². The van der Waals surface area contributed by atoms with Gasteiger partial charge >= 0.3 is 5.76 Å². The van der Waals surface area contributed by atoms with Crippen molar-refractivity contribution in [2.24, 2.45) is 0 Å². The van der Waals surface area contributed by atoms with E-state index in [9.17, 15) is 4.79 Å². The summed E-state index contributed by atoms with van der Waals surface area (Å²) in [6.45, 7) is 0.877. The van der Waals surface area contributed by atoms with Crippen molar-refractivity contribution in [1.82, 2.24) is 10.3 Å². The molecule has 0 aliphatic carbocycles. The normalized spacial score (nSPS) is 11.1. The number of H-pyrrole nitrogens is 1. The van der Waals surface area contributed by atoms with Crippen LogP contribution in [-0.2, 0) is 13.0 Å². The van der Waals surface area contributed by atoms with Crippen LogP contribution in [0, 0.1) is 0 Å². The molecule has 0 spiro atoms. The highest BCUT2D eigenvalue weighted by atomic mass is 16.4. The van der Waals surface area contributed by atoms with Gasteiger partial charge in [0.15, 0.2) is 5.58 Å². The molecule has 0 bridgehead atoms. The van der Waals surface area contributed by atoms with Crippen LogP contribution in [0.25, 0.3) is 11.1 Å². The third kappa shape index (κ3) is 2.65. The van der Waals surface area contributed by atoms with Crippen LogP contribution in [0.15, 0.2) is 51.7 Å². The second-order valence-electron chi connectivity index (χ2n) is 4.87. The SMILES string of the molecule is CNCc1ccc(Cc2ccc3oc(=O)[nH]c3c2)cc1. The fourth-order valence-corrected chi connectivity index (χ4v) is 2.32. The first-order valence-corrected chi connectivity index (χ1v) is 6.59. The lowest BCUT2D eigenvalue weighted by atomic mass is 10.0. The second-order valence-corrected chi connectivity index (χ2v) is 4.87. The zero-order valence-corrected chi connectivity index (χ0v) is 11.3. The van der Waals surface area contributed by atoms with Gasteiger partial charge in [0.05, 0.1) is 5.52 Å². The van der Waals surface area contributed by atoms with Gasteiger partial charge in [-0.05, 0) is 42.3 Å². The van der Waals surface area contributed by atoms with Gasteiger partial charge in [-0.15, -0.1) is 0 Å². The summed E-state index contributed by atoms with van der Waals surface area (Å²) in [5.74, 6) is -0.409. The molecule has 3 rings (SSSR count). The van der Waals surface area contributed by atoms with Crippen molar-refractivity contribution >= 4 is 11.1 Å². The summed E-state index contributed by atoms with van der Waals surface area (Å²) in [7, 11) is 1.94. The first-order valence-electron chi connectivity index (χ1n) is 6.59. The summed E-state index contributed by atoms with van der Waals surface area (Å²) in [4.78, 5) is 13.8. The topological polar surface area (TPSA) is 58.0 Å². The van der Waals surface area contributed by atoms with Crippen LogP contribution >= 0.6 is 0 Å². The average molecular weight is 268 g/mol. The number of rotatable bonds is 4. The van der Waals surface area contributed by atoms with Crippen LogP contribution in [0.2, 0.25) is 0 Å². The van der Waals surface area contributed by atoms with Gasteiger partial charge in [-0.25, -0.2) is 4.79 Å². The number of benzene rings is 2. The molecule has 0 radical (unpaired) electrons. The van der Waals surface area contributed by atoms with Crippen LogP contribution in [0.3, 0.4) is 0 Å². The molecular weight excluding hydrogens is 252 g/mol. The maximum absolute atomic E-state index is 11.1. The minimum absolute atomic E-state index is 0.409. The Labute approximate surface area is 116 Å². The molecule has 1 heterocycles. The molecule has 0 aliphatic heterocycles. The van der Waals surface area contributed by atoms with Crippen molar-refractivity contribution in [2.45, 2.75) is 13.0 Å². The van der Waals surface area contributed by atoms with Gasteiger partial charge in [0.1, 0.15) is 0 Å². The highest BCUT2D eigenvalue weighted by Crippen LogP contribution is 2.16. The molecule has 2 aromatic carbocycles. The molecule has 3 aromatic rings. The zero-order chi connectivity index (χ0) is 13.9. The number of hydrogen-bond acceptors (Lipinski definition) is 3. The molecule has 0 fully saturated rings. The Morgan fingerprint density at radius 1 is 1.05 bits per heavy atom. The number of oxazole rings is 1. The standard InChI is InChI=1S/C16H16N2O2/c1-17-10-12-4-2-11(3-5-12)8-13-6-7-15-14(9-13)18-16(19)20-15/h2-7,9,17H,8,10H2,1H3,(H,18,19). The van der Waals surface area contributed by atoms with Crippen molar-refractivity contribution in [3.05, 3.63) is 69.7 Å². The molecule has 0 atom stereocenters. The van der Waals surface area contributed by atoms with Crippen LogP contribution in [0.5, 0.6) is 0 Å². The number of fused-ring (bicyclic) bond motifs is 1. The lowest BCUT2D eigenvalue weighted by Crippen LogP contribution is -2.04. The van der Waals surface area contributed by atoms with Gasteiger partial charge in [0, 0.05) is 6.54 Å². The smallest absolute Gasteiger partial charge is 0.408 e. The molecule has 20 heavy (non-hydrogen) atoms. The largest absolute Gasteiger partial charge is 0.417 e. The van der Waals surface area contributed by atoms with E-state index in [2.05, 4.69) is 34.6 Å². The van der Waals surface area contributed by atoms with E-state index < -0.39 is 5.76 Å². The third-order valence-electron chi connectivity index (χ3n) is 3.30. The molecule has 102 valence electrons. The van der Waals surface area contributed by atoms with Crippen LogP contribution in [0.4, 0.5) is 0 Å². The molecule has 1 aromatic heterocycles. The first-order chi connectivity index (χ1) is 9.74. The molecule has 4 nitrogen and oxygen atoms in total. The Morgan fingerprint density at radius 3 is 2.50 bits per heavy atom. The Balaban J connectivity index is 1.82. The van der Waals surface area contributed by atoms with Crippen molar-refractivity contribution in [2.75, 3.05) is 7.05 Å². The summed E-state index contributed by atoms with van der Waals surface area (Å²) in [6.07, 6.45) is 0.836. The van der Waals surface area contributed by atoms with E-state index in [1.54, 1.807) is 0 Å². The van der Waals surface area contributed by atoms with Crippen molar-refractivity contribution in [3.8, 4) is 0 Å². The number of aromatic nitrogens is 1. The van der Waals surface area contributed by atoms with Crippen molar-refractivity contribution in [3.63, 3.8) is 0 Å². The lowest BCUT2D eigenvalue weighted by Gasteiger charge is -2.04. The fourth-order valence-electron chi connectivity index (χ4n) is 2.32. The van der Waals surface area contributed by atoms with E-state index in [1.165, 1.54) is 11.1 Å². The Hall–Kier alpha value is -2.33. The summed E-state index contributed by atoms with van der Waals surface area (Å²) < 4.78 is 5.00. The minimum Gasteiger partial charge on any atom is -0.408 e. The summed E-state index contributed by atoms with van der Waals surface area (Å²) in [5, 5.41) is 3.13. The van der Waals surface area contributed by atoms with Crippen molar-refractivity contribution < 1.29 is 4.42 Å². The number of hydrogen-bond donors (Lipinski definition) is 2. The van der Waals surface area contributed by atoms with Crippen LogP contribution in [-0.4, -0.2) is 12.0 Å². The van der Waals surface area contributed by atoms with Gasteiger partial charge in [-0.2, -0.15) is 0 Å². The van der Waals surface area contributed by atoms with Gasteiger partial charge in [0.25, 0.3) is 0 Å². The lowest BCUT2D eigenvalue weighted by molar-refractivity contribution is 0.555. The van der Waals surface area contributed by atoms with Crippen LogP contribution in [0.1, 0.15) is 16.7 Å². The molecule has 0 aliphatic rings. The fraction of sp³-hybridized carbons (Fsp3) is 0.188. The monoisotopic (exact) mass is 268 g/mol. The second kappa shape index (κ2) is 5.35. The Kier molecular flexibility index (Phi) is 3.39. The summed E-state index contributed by atoms with van der Waals surface area (Å²) in [5.41, 5.74) is 5.01. The maximum Gasteiger partial charge on any atom is 0.417 e. The van der Waals surface area contributed by atoms with E-state index in [4.69, 9.17) is 4.42 Å². The predicted molar refractivity (Wildman–Crippen MR) is 78.8 cm³/mol. The molecular formula is C16H16N2O2. The summed E-state index contributed by atoms with van der Waals surface area (Å²) >= 11 is 0. The van der Waals surface area contributed by atoms with E-state index >= 15 is 0 Å². The molecule has 0 amide bonds. The highest BCUT2D eigenvalue weighted by Gasteiger charge is 2.03. The number of aromatic amines is 1. The van der Waals surface area contributed by atoms with E-state index in [0.29, 0.717) is 5.58 Å². The van der Waals surface area contributed by atoms with E-state index in [0.717, 1.165) is 24.0 Å². The van der Waals surface area contributed by atoms with Gasteiger partial charge in [0.2, 0.25) is 0 Å². The summed E-state index contributed by atoms with van der Waals surface area (Å²) in [6, 6.07) is 14.3. The molecule has 4 heteroatoms. The molecule has 0 saturated carbocycles. The molecule has 2 N–H and O–H groups in total. The minimum atomic E-state index is -0.409. The molecule has 0 unspecified atom stereocenters. The Bertz CT molecular complexity index is 769. The van der Waals surface area contributed by atoms with Gasteiger partial charge in [-0.1, -0.05) is 30.3 Å². The third-order valence-corrected chi connectivity index (χ3v) is 3.30. The maximum atomic E-state index is 11.1. The quantitative estimate of drug-likeness (QED) is 0.764. The predicted octanol–water partition coefficient (Wildman–Crippen LogP) is 2.43. The van der Waals surface area contributed by atoms with Crippen molar-refractivity contribution in [1.29, 1.82) is 0 Å².